The quantitative estimate of drug-likeness (QED) is 0.454. The van der Waals surface area contributed by atoms with E-state index in [1.165, 1.54) is 18.2 Å². The molecule has 25 heavy (non-hydrogen) atoms. The highest BCUT2D eigenvalue weighted by molar-refractivity contribution is 7.98. The van der Waals surface area contributed by atoms with Crippen LogP contribution in [0.25, 0.3) is 0 Å². The van der Waals surface area contributed by atoms with Crippen LogP contribution in [0.5, 0.6) is 0 Å². The molecule has 0 fully saturated rings. The van der Waals surface area contributed by atoms with Crippen LogP contribution in [0.1, 0.15) is 22.3 Å². The van der Waals surface area contributed by atoms with Gasteiger partial charge in [-0.3, -0.25) is 9.59 Å². The molecule has 0 atom stereocenters. The minimum Gasteiger partial charge on any atom is -0.351 e. The highest BCUT2D eigenvalue weighted by atomic mass is 32.2. The van der Waals surface area contributed by atoms with E-state index in [2.05, 4.69) is 15.8 Å². The predicted octanol–water partition coefficient (Wildman–Crippen LogP) is 2.82. The van der Waals surface area contributed by atoms with Gasteiger partial charge in [0.2, 0.25) is 5.91 Å². The van der Waals surface area contributed by atoms with Crippen LogP contribution in [0, 0.1) is 5.82 Å². The number of thioether (sulfide) groups is 1. The summed E-state index contributed by atoms with van der Waals surface area (Å²) in [6.07, 6.45) is 3.58. The number of nitrogens with one attached hydrogen (secondary N) is 2. The second kappa shape index (κ2) is 9.58. The van der Waals surface area contributed by atoms with Crippen molar-refractivity contribution in [2.45, 2.75) is 11.3 Å². The van der Waals surface area contributed by atoms with E-state index in [4.69, 9.17) is 0 Å². The van der Waals surface area contributed by atoms with Crippen molar-refractivity contribution in [3.05, 3.63) is 65.5 Å². The van der Waals surface area contributed by atoms with E-state index in [0.717, 1.165) is 10.5 Å². The molecule has 0 radical (unpaired) electrons. The zero-order valence-corrected chi connectivity index (χ0v) is 14.5. The van der Waals surface area contributed by atoms with E-state index in [-0.39, 0.29) is 24.4 Å². The molecule has 0 spiro atoms. The third-order valence-electron chi connectivity index (χ3n) is 3.27. The number of hydrogen-bond donors (Lipinski definition) is 2. The average Bonchev–Trinajstić information content (AvgIpc) is 2.62. The zero-order chi connectivity index (χ0) is 18.1. The Morgan fingerprint density at radius 3 is 2.56 bits per heavy atom. The van der Waals surface area contributed by atoms with Crippen molar-refractivity contribution in [3.8, 4) is 0 Å². The first-order valence-corrected chi connectivity index (χ1v) is 8.81. The van der Waals surface area contributed by atoms with Crippen LogP contribution in [0.2, 0.25) is 0 Å². The van der Waals surface area contributed by atoms with E-state index in [1.54, 1.807) is 24.0 Å². The van der Waals surface area contributed by atoms with Gasteiger partial charge >= 0.3 is 0 Å². The molecule has 0 aliphatic heterocycles. The van der Waals surface area contributed by atoms with Crippen molar-refractivity contribution >= 4 is 29.8 Å². The standard InChI is InChI=1S/C18H18FN3O2S/c1-25-14-8-6-13(7-9-14)12-21-22-17(23)10-11-20-18(24)15-4-2-3-5-16(15)19/h2-9,12H,10-11H2,1H3,(H,20,24)(H,22,23). The molecule has 2 N–H and O–H groups in total. The molecule has 5 nitrogen and oxygen atoms in total. The molecule has 0 aliphatic carbocycles. The van der Waals surface area contributed by atoms with Crippen molar-refractivity contribution in [2.75, 3.05) is 12.8 Å². The fraction of sp³-hybridized carbons (Fsp3) is 0.167. The molecule has 0 bridgehead atoms. The minimum atomic E-state index is -0.596. The van der Waals surface area contributed by atoms with Gasteiger partial charge in [0.05, 0.1) is 11.8 Å². The number of benzene rings is 2. The van der Waals surface area contributed by atoms with Gasteiger partial charge in [-0.05, 0) is 36.1 Å². The zero-order valence-electron chi connectivity index (χ0n) is 13.7. The summed E-state index contributed by atoms with van der Waals surface area (Å²) in [5.74, 6) is -1.49. The summed E-state index contributed by atoms with van der Waals surface area (Å²) < 4.78 is 13.4. The molecule has 2 rings (SSSR count). The monoisotopic (exact) mass is 359 g/mol. The maximum absolute atomic E-state index is 13.4. The van der Waals surface area contributed by atoms with Crippen LogP contribution < -0.4 is 10.7 Å². The van der Waals surface area contributed by atoms with Crippen molar-refractivity contribution in [1.82, 2.24) is 10.7 Å². The maximum Gasteiger partial charge on any atom is 0.254 e. The van der Waals surface area contributed by atoms with Gasteiger partial charge < -0.3 is 5.32 Å². The van der Waals surface area contributed by atoms with E-state index in [9.17, 15) is 14.0 Å². The molecule has 0 aliphatic rings. The van der Waals surface area contributed by atoms with Crippen molar-refractivity contribution < 1.29 is 14.0 Å². The molecule has 130 valence electrons. The number of halogens is 1. The maximum atomic E-state index is 13.4. The van der Waals surface area contributed by atoms with Gasteiger partial charge in [-0.2, -0.15) is 5.10 Å². The van der Waals surface area contributed by atoms with E-state index >= 15 is 0 Å². The lowest BCUT2D eigenvalue weighted by Crippen LogP contribution is -2.29. The SMILES string of the molecule is CSc1ccc(C=NNC(=O)CCNC(=O)c2ccccc2F)cc1. The lowest BCUT2D eigenvalue weighted by molar-refractivity contribution is -0.120. The number of carbonyl (C=O) groups is 2. The number of hydrogen-bond acceptors (Lipinski definition) is 4. The van der Waals surface area contributed by atoms with Gasteiger partial charge in [-0.15, -0.1) is 11.8 Å². The lowest BCUT2D eigenvalue weighted by Gasteiger charge is -2.05. The third-order valence-corrected chi connectivity index (χ3v) is 4.02. The Hall–Kier alpha value is -2.67. The van der Waals surface area contributed by atoms with E-state index in [1.807, 2.05) is 30.5 Å². The molecule has 0 unspecified atom stereocenters. The average molecular weight is 359 g/mol. The van der Waals surface area contributed by atoms with Crippen molar-refractivity contribution in [2.24, 2.45) is 5.10 Å². The molecule has 2 aromatic carbocycles. The summed E-state index contributed by atoms with van der Waals surface area (Å²) in [7, 11) is 0. The fourth-order valence-electron chi connectivity index (χ4n) is 1.95. The summed E-state index contributed by atoms with van der Waals surface area (Å²) in [6.45, 7) is 0.0942. The molecule has 2 aromatic rings. The highest BCUT2D eigenvalue weighted by Crippen LogP contribution is 2.13. The van der Waals surface area contributed by atoms with Crippen LogP contribution in [-0.2, 0) is 4.79 Å². The Kier molecular flexibility index (Phi) is 7.16. The molecule has 0 saturated carbocycles. The second-order valence-electron chi connectivity index (χ2n) is 5.05. The number of amides is 2. The first-order valence-electron chi connectivity index (χ1n) is 7.59. The topological polar surface area (TPSA) is 70.6 Å². The number of carbonyl (C=O) groups excluding carboxylic acids is 2. The first kappa shape index (κ1) is 18.7. The van der Waals surface area contributed by atoms with Gasteiger partial charge in [0.1, 0.15) is 5.82 Å². The largest absolute Gasteiger partial charge is 0.351 e. The molecule has 0 saturated heterocycles. The third kappa shape index (κ3) is 6.04. The van der Waals surface area contributed by atoms with Gasteiger partial charge in [-0.1, -0.05) is 24.3 Å². The molecular formula is C18H18FN3O2S. The molecule has 2 amide bonds. The lowest BCUT2D eigenvalue weighted by atomic mass is 10.2. The Morgan fingerprint density at radius 1 is 1.16 bits per heavy atom. The summed E-state index contributed by atoms with van der Waals surface area (Å²) in [4.78, 5) is 24.6. The van der Waals surface area contributed by atoms with Gasteiger partial charge in [0.15, 0.2) is 0 Å². The van der Waals surface area contributed by atoms with Crippen LogP contribution in [0.4, 0.5) is 4.39 Å². The number of hydrazone groups is 1. The summed E-state index contributed by atoms with van der Waals surface area (Å²) >= 11 is 1.64. The minimum absolute atomic E-state index is 0.0446. The fourth-order valence-corrected chi connectivity index (χ4v) is 2.36. The van der Waals surface area contributed by atoms with Gasteiger partial charge in [0.25, 0.3) is 5.91 Å². The Morgan fingerprint density at radius 2 is 1.88 bits per heavy atom. The summed E-state index contributed by atoms with van der Waals surface area (Å²) in [5.41, 5.74) is 3.20. The van der Waals surface area contributed by atoms with Gasteiger partial charge in [-0.25, -0.2) is 9.82 Å². The normalized spacial score (nSPS) is 10.6. The molecule has 0 heterocycles. The number of rotatable bonds is 7. The van der Waals surface area contributed by atoms with Crippen LogP contribution in [0.3, 0.4) is 0 Å². The second-order valence-corrected chi connectivity index (χ2v) is 5.93. The molecule has 7 heteroatoms. The number of nitrogens with zero attached hydrogens (tertiary/aromatic N) is 1. The Bertz CT molecular complexity index is 763. The summed E-state index contributed by atoms with van der Waals surface area (Å²) in [6, 6.07) is 13.4. The smallest absolute Gasteiger partial charge is 0.254 e. The summed E-state index contributed by atoms with van der Waals surface area (Å²) in [5, 5.41) is 6.36. The molecular weight excluding hydrogens is 341 g/mol. The highest BCUT2D eigenvalue weighted by Gasteiger charge is 2.10. The Labute approximate surface area is 149 Å². The van der Waals surface area contributed by atoms with Crippen LogP contribution >= 0.6 is 11.8 Å². The van der Waals surface area contributed by atoms with Crippen molar-refractivity contribution in [1.29, 1.82) is 0 Å². The first-order chi connectivity index (χ1) is 12.1. The Balaban J connectivity index is 1.72. The van der Waals surface area contributed by atoms with Crippen LogP contribution in [0.15, 0.2) is 58.5 Å². The van der Waals surface area contributed by atoms with E-state index < -0.39 is 11.7 Å². The van der Waals surface area contributed by atoms with Crippen molar-refractivity contribution in [3.63, 3.8) is 0 Å². The van der Waals surface area contributed by atoms with Gasteiger partial charge in [0, 0.05) is 17.9 Å². The van der Waals surface area contributed by atoms with Crippen LogP contribution in [-0.4, -0.2) is 30.8 Å². The molecule has 0 aromatic heterocycles. The predicted molar refractivity (Wildman–Crippen MR) is 97.3 cm³/mol. The van der Waals surface area contributed by atoms with E-state index in [0.29, 0.717) is 0 Å².